The molecule has 0 bridgehead atoms. The monoisotopic (exact) mass is 328 g/mol. The standard InChI is InChI=1S/C13H10F2N2O4S/c1-8-6-10(17(18)19)3-5-12(8)16-22(20,21)13-7-9(14)2-4-11(13)15/h2-7,16H,1H3. The maximum atomic E-state index is 13.6. The van der Waals surface area contributed by atoms with E-state index in [1.165, 1.54) is 19.1 Å². The summed E-state index contributed by atoms with van der Waals surface area (Å²) >= 11 is 0. The molecule has 0 unspecified atom stereocenters. The molecule has 6 nitrogen and oxygen atoms in total. The van der Waals surface area contributed by atoms with Crippen LogP contribution in [-0.2, 0) is 10.0 Å². The van der Waals surface area contributed by atoms with Crippen molar-refractivity contribution in [2.75, 3.05) is 4.72 Å². The van der Waals surface area contributed by atoms with Crippen molar-refractivity contribution in [3.05, 3.63) is 63.7 Å². The smallest absolute Gasteiger partial charge is 0.269 e. The molecule has 2 aromatic rings. The topological polar surface area (TPSA) is 89.3 Å². The summed E-state index contributed by atoms with van der Waals surface area (Å²) in [4.78, 5) is 9.16. The van der Waals surface area contributed by atoms with Gasteiger partial charge in [-0.15, -0.1) is 0 Å². The van der Waals surface area contributed by atoms with Gasteiger partial charge >= 0.3 is 0 Å². The lowest BCUT2D eigenvalue weighted by Crippen LogP contribution is -2.15. The van der Waals surface area contributed by atoms with Gasteiger partial charge in [0.05, 0.1) is 10.6 Å². The van der Waals surface area contributed by atoms with Gasteiger partial charge in [-0.25, -0.2) is 17.2 Å². The number of nitrogens with one attached hydrogen (secondary N) is 1. The second-order valence-corrected chi connectivity index (χ2v) is 6.09. The first-order chi connectivity index (χ1) is 10.2. The number of hydrogen-bond acceptors (Lipinski definition) is 4. The van der Waals surface area contributed by atoms with Gasteiger partial charge in [0, 0.05) is 12.1 Å². The van der Waals surface area contributed by atoms with Crippen molar-refractivity contribution in [1.82, 2.24) is 0 Å². The Balaban J connectivity index is 2.41. The Hall–Kier alpha value is -2.55. The van der Waals surface area contributed by atoms with Crippen LogP contribution in [0.2, 0.25) is 0 Å². The van der Waals surface area contributed by atoms with Crippen molar-refractivity contribution in [3.63, 3.8) is 0 Å². The number of hydrogen-bond donors (Lipinski definition) is 1. The Morgan fingerprint density at radius 3 is 2.41 bits per heavy atom. The fourth-order valence-electron chi connectivity index (χ4n) is 1.76. The highest BCUT2D eigenvalue weighted by Gasteiger charge is 2.21. The molecule has 0 spiro atoms. The first-order valence-corrected chi connectivity index (χ1v) is 7.42. The zero-order valence-corrected chi connectivity index (χ0v) is 12.0. The number of halogens is 2. The summed E-state index contributed by atoms with van der Waals surface area (Å²) in [6, 6.07) is 5.51. The summed E-state index contributed by atoms with van der Waals surface area (Å²) < 4.78 is 52.9. The molecule has 2 rings (SSSR count). The van der Waals surface area contributed by atoms with E-state index in [2.05, 4.69) is 4.72 Å². The van der Waals surface area contributed by atoms with Crippen LogP contribution in [0, 0.1) is 28.7 Å². The van der Waals surface area contributed by atoms with Gasteiger partial charge in [0.25, 0.3) is 15.7 Å². The number of nitro groups is 1. The fraction of sp³-hybridized carbons (Fsp3) is 0.0769. The van der Waals surface area contributed by atoms with E-state index >= 15 is 0 Å². The molecular weight excluding hydrogens is 318 g/mol. The number of anilines is 1. The van der Waals surface area contributed by atoms with Crippen LogP contribution < -0.4 is 4.72 Å². The molecule has 0 radical (unpaired) electrons. The SMILES string of the molecule is Cc1cc([N+](=O)[O-])ccc1NS(=O)(=O)c1cc(F)ccc1F. The first kappa shape index (κ1) is 15.8. The van der Waals surface area contributed by atoms with Gasteiger partial charge < -0.3 is 0 Å². The third kappa shape index (κ3) is 3.19. The minimum Gasteiger partial charge on any atom is -0.279 e. The Bertz CT molecular complexity index is 853. The zero-order chi connectivity index (χ0) is 16.5. The van der Waals surface area contributed by atoms with Gasteiger partial charge in [0.2, 0.25) is 0 Å². The number of nitro benzene ring substituents is 1. The normalized spacial score (nSPS) is 11.2. The predicted octanol–water partition coefficient (Wildman–Crippen LogP) is 2.98. The molecule has 0 saturated heterocycles. The molecule has 1 N–H and O–H groups in total. The third-order valence-electron chi connectivity index (χ3n) is 2.85. The van der Waals surface area contributed by atoms with E-state index in [9.17, 15) is 27.3 Å². The molecule has 0 aliphatic heterocycles. The molecule has 0 amide bonds. The van der Waals surface area contributed by atoms with E-state index in [-0.39, 0.29) is 16.9 Å². The van der Waals surface area contributed by atoms with Crippen molar-refractivity contribution in [1.29, 1.82) is 0 Å². The molecule has 22 heavy (non-hydrogen) atoms. The number of benzene rings is 2. The lowest BCUT2D eigenvalue weighted by atomic mass is 10.2. The van der Waals surface area contributed by atoms with Gasteiger partial charge in [-0.3, -0.25) is 14.8 Å². The maximum absolute atomic E-state index is 13.6. The van der Waals surface area contributed by atoms with E-state index in [0.29, 0.717) is 12.1 Å². The number of sulfonamides is 1. The minimum atomic E-state index is -4.36. The number of rotatable bonds is 4. The van der Waals surface area contributed by atoms with Gasteiger partial charge in [0.15, 0.2) is 0 Å². The first-order valence-electron chi connectivity index (χ1n) is 5.93. The Morgan fingerprint density at radius 1 is 1.14 bits per heavy atom. The summed E-state index contributed by atoms with van der Waals surface area (Å²) in [5, 5.41) is 10.6. The van der Waals surface area contributed by atoms with Gasteiger partial charge in [-0.05, 0) is 36.8 Å². The van der Waals surface area contributed by atoms with Gasteiger partial charge in [-0.1, -0.05) is 0 Å². The summed E-state index contributed by atoms with van der Waals surface area (Å²) in [7, 11) is -4.36. The quantitative estimate of drug-likeness (QED) is 0.690. The van der Waals surface area contributed by atoms with Gasteiger partial charge in [0.1, 0.15) is 16.5 Å². The van der Waals surface area contributed by atoms with Crippen LogP contribution in [0.5, 0.6) is 0 Å². The Kier molecular flexibility index (Phi) is 4.09. The van der Waals surface area contributed by atoms with Gasteiger partial charge in [-0.2, -0.15) is 0 Å². The van der Waals surface area contributed by atoms with Crippen LogP contribution >= 0.6 is 0 Å². The molecular formula is C13H10F2N2O4S. The Labute approximate surface area is 124 Å². The number of nitrogens with zero attached hydrogens (tertiary/aromatic N) is 1. The highest BCUT2D eigenvalue weighted by atomic mass is 32.2. The third-order valence-corrected chi connectivity index (χ3v) is 4.23. The van der Waals surface area contributed by atoms with Crippen LogP contribution in [0.15, 0.2) is 41.3 Å². The maximum Gasteiger partial charge on any atom is 0.269 e. The van der Waals surface area contributed by atoms with Crippen molar-refractivity contribution in [2.45, 2.75) is 11.8 Å². The molecule has 0 aromatic heterocycles. The van der Waals surface area contributed by atoms with Crippen LogP contribution in [0.25, 0.3) is 0 Å². The average Bonchev–Trinajstić information content (AvgIpc) is 2.43. The summed E-state index contributed by atoms with van der Waals surface area (Å²) in [6.07, 6.45) is 0. The molecule has 0 saturated carbocycles. The van der Waals surface area contributed by atoms with Crippen molar-refractivity contribution >= 4 is 21.4 Å². The van der Waals surface area contributed by atoms with E-state index < -0.39 is 31.5 Å². The summed E-state index contributed by atoms with van der Waals surface area (Å²) in [5.74, 6) is -2.00. The summed E-state index contributed by atoms with van der Waals surface area (Å²) in [5.41, 5.74) is 0.0984. The molecule has 2 aromatic carbocycles. The lowest BCUT2D eigenvalue weighted by Gasteiger charge is -2.11. The molecule has 0 atom stereocenters. The van der Waals surface area contributed by atoms with Crippen LogP contribution in [-0.4, -0.2) is 13.3 Å². The minimum absolute atomic E-state index is 0.0364. The fourth-order valence-corrected chi connectivity index (χ4v) is 2.98. The largest absolute Gasteiger partial charge is 0.279 e. The van der Waals surface area contributed by atoms with Crippen molar-refractivity contribution < 1.29 is 22.1 Å². The van der Waals surface area contributed by atoms with E-state index in [4.69, 9.17) is 0 Å². The van der Waals surface area contributed by atoms with E-state index in [1.807, 2.05) is 0 Å². The lowest BCUT2D eigenvalue weighted by molar-refractivity contribution is -0.384. The van der Waals surface area contributed by atoms with E-state index in [1.54, 1.807) is 0 Å². The number of aryl methyl sites for hydroxylation is 1. The zero-order valence-electron chi connectivity index (χ0n) is 11.2. The molecule has 0 heterocycles. The molecule has 0 fully saturated rings. The second-order valence-electron chi connectivity index (χ2n) is 4.44. The predicted molar refractivity (Wildman–Crippen MR) is 75.0 cm³/mol. The average molecular weight is 328 g/mol. The van der Waals surface area contributed by atoms with E-state index in [0.717, 1.165) is 12.1 Å². The highest BCUT2D eigenvalue weighted by molar-refractivity contribution is 7.92. The molecule has 116 valence electrons. The second kappa shape index (κ2) is 5.68. The summed E-state index contributed by atoms with van der Waals surface area (Å²) in [6.45, 7) is 1.45. The van der Waals surface area contributed by atoms with Crippen LogP contribution in [0.1, 0.15) is 5.56 Å². The molecule has 9 heteroatoms. The highest BCUT2D eigenvalue weighted by Crippen LogP contribution is 2.25. The van der Waals surface area contributed by atoms with Crippen LogP contribution in [0.4, 0.5) is 20.2 Å². The van der Waals surface area contributed by atoms with Crippen molar-refractivity contribution in [2.24, 2.45) is 0 Å². The van der Waals surface area contributed by atoms with Crippen LogP contribution in [0.3, 0.4) is 0 Å². The van der Waals surface area contributed by atoms with Crippen molar-refractivity contribution in [3.8, 4) is 0 Å². The molecule has 0 aliphatic rings. The Morgan fingerprint density at radius 2 is 1.82 bits per heavy atom. The number of non-ortho nitro benzene ring substituents is 1. The molecule has 0 aliphatic carbocycles.